The Hall–Kier alpha value is -0.960. The van der Waals surface area contributed by atoms with Gasteiger partial charge in [-0.3, -0.25) is 4.90 Å². The van der Waals surface area contributed by atoms with Crippen LogP contribution in [0.15, 0.2) is 12.3 Å². The largest absolute Gasteiger partial charge is 0.288 e. The number of likely N-dealkylation sites (tertiary alicyclic amines) is 1. The van der Waals surface area contributed by atoms with Crippen LogP contribution in [0.2, 0.25) is 0 Å². The van der Waals surface area contributed by atoms with Gasteiger partial charge in [0.1, 0.15) is 5.82 Å². The van der Waals surface area contributed by atoms with E-state index in [9.17, 15) is 0 Å². The molecule has 0 N–H and O–H groups in total. The van der Waals surface area contributed by atoms with Crippen molar-refractivity contribution in [2.45, 2.75) is 64.0 Å². The van der Waals surface area contributed by atoms with Crippen LogP contribution < -0.4 is 0 Å². The Labute approximate surface area is 110 Å². The van der Waals surface area contributed by atoms with E-state index in [0.29, 0.717) is 0 Å². The minimum absolute atomic E-state index is 0.0705. The lowest BCUT2D eigenvalue weighted by molar-refractivity contribution is 0.0935. The van der Waals surface area contributed by atoms with Gasteiger partial charge in [0.15, 0.2) is 0 Å². The predicted molar refractivity (Wildman–Crippen MR) is 72.3 cm³/mol. The van der Waals surface area contributed by atoms with Crippen molar-refractivity contribution < 1.29 is 0 Å². The summed E-state index contributed by atoms with van der Waals surface area (Å²) in [5, 5.41) is 0. The second kappa shape index (κ2) is 4.61. The maximum atomic E-state index is 4.70. The van der Waals surface area contributed by atoms with Crippen LogP contribution in [0.25, 0.3) is 0 Å². The molecular formula is C15H23N3. The first-order chi connectivity index (χ1) is 8.70. The maximum absolute atomic E-state index is 4.70. The summed E-state index contributed by atoms with van der Waals surface area (Å²) in [6.07, 6.45) is 9.91. The Kier molecular flexibility index (Phi) is 3.10. The van der Waals surface area contributed by atoms with Gasteiger partial charge in [0.2, 0.25) is 0 Å². The molecule has 18 heavy (non-hydrogen) atoms. The topological polar surface area (TPSA) is 29.0 Å². The molecule has 0 spiro atoms. The van der Waals surface area contributed by atoms with Crippen molar-refractivity contribution >= 4 is 0 Å². The monoisotopic (exact) mass is 245 g/mol. The van der Waals surface area contributed by atoms with Crippen LogP contribution >= 0.6 is 0 Å². The summed E-state index contributed by atoms with van der Waals surface area (Å²) in [5.74, 6) is 1.03. The van der Waals surface area contributed by atoms with Gasteiger partial charge in [-0.2, -0.15) is 0 Å². The quantitative estimate of drug-likeness (QED) is 0.802. The molecular weight excluding hydrogens is 222 g/mol. The third kappa shape index (κ3) is 1.95. The summed E-state index contributed by atoms with van der Waals surface area (Å²) in [6, 6.07) is 2.75. The van der Waals surface area contributed by atoms with Crippen LogP contribution in [0.4, 0.5) is 0 Å². The van der Waals surface area contributed by atoms with Crippen molar-refractivity contribution in [1.29, 1.82) is 0 Å². The lowest BCUT2D eigenvalue weighted by atomic mass is 9.95. The zero-order valence-corrected chi connectivity index (χ0v) is 11.5. The second-order valence-electron chi connectivity index (χ2n) is 6.03. The molecule has 0 radical (unpaired) electrons. The number of aromatic nitrogens is 2. The van der Waals surface area contributed by atoms with Gasteiger partial charge in [-0.05, 0) is 52.1 Å². The number of aryl methyl sites for hydroxylation is 1. The van der Waals surface area contributed by atoms with Crippen LogP contribution in [-0.4, -0.2) is 27.5 Å². The maximum Gasteiger partial charge on any atom is 0.148 e. The van der Waals surface area contributed by atoms with Gasteiger partial charge in [-0.1, -0.05) is 12.8 Å². The lowest BCUT2D eigenvalue weighted by Crippen LogP contribution is -2.45. The van der Waals surface area contributed by atoms with Crippen molar-refractivity contribution in [2.24, 2.45) is 0 Å². The fourth-order valence-corrected chi connectivity index (χ4v) is 3.73. The van der Waals surface area contributed by atoms with Crippen molar-refractivity contribution in [1.82, 2.24) is 14.9 Å². The third-order valence-electron chi connectivity index (χ3n) is 4.74. The molecule has 1 atom stereocenters. The van der Waals surface area contributed by atoms with Crippen molar-refractivity contribution in [3.05, 3.63) is 23.8 Å². The Morgan fingerprint density at radius 1 is 1.28 bits per heavy atom. The van der Waals surface area contributed by atoms with E-state index in [1.165, 1.54) is 45.1 Å². The number of hydrogen-bond donors (Lipinski definition) is 0. The van der Waals surface area contributed by atoms with E-state index in [4.69, 9.17) is 4.98 Å². The predicted octanol–water partition coefficient (Wildman–Crippen LogP) is 3.04. The first-order valence-electron chi connectivity index (χ1n) is 7.27. The summed E-state index contributed by atoms with van der Waals surface area (Å²) in [7, 11) is 0. The SMILES string of the molecule is Cc1ccnc([C@]2(C)CCCN2C2CCCC2)n1. The molecule has 3 heteroatoms. The first-order valence-corrected chi connectivity index (χ1v) is 7.27. The Bertz CT molecular complexity index is 426. The van der Waals surface area contributed by atoms with E-state index >= 15 is 0 Å². The van der Waals surface area contributed by atoms with Crippen molar-refractivity contribution in [3.63, 3.8) is 0 Å². The fourth-order valence-electron chi connectivity index (χ4n) is 3.73. The summed E-state index contributed by atoms with van der Waals surface area (Å²) >= 11 is 0. The van der Waals surface area contributed by atoms with Crippen LogP contribution in [0.3, 0.4) is 0 Å². The van der Waals surface area contributed by atoms with E-state index < -0.39 is 0 Å². The molecule has 0 aromatic carbocycles. The summed E-state index contributed by atoms with van der Waals surface area (Å²) in [6.45, 7) is 5.62. The molecule has 2 aliphatic rings. The van der Waals surface area contributed by atoms with Gasteiger partial charge in [0.05, 0.1) is 5.54 Å². The molecule has 0 unspecified atom stereocenters. The average Bonchev–Trinajstić information content (AvgIpc) is 2.98. The lowest BCUT2D eigenvalue weighted by Gasteiger charge is -2.38. The Morgan fingerprint density at radius 2 is 2.06 bits per heavy atom. The first kappa shape index (κ1) is 12.1. The molecule has 3 rings (SSSR count). The minimum atomic E-state index is 0.0705. The van der Waals surface area contributed by atoms with E-state index in [-0.39, 0.29) is 5.54 Å². The smallest absolute Gasteiger partial charge is 0.148 e. The number of rotatable bonds is 2. The average molecular weight is 245 g/mol. The Morgan fingerprint density at radius 3 is 2.78 bits per heavy atom. The summed E-state index contributed by atoms with van der Waals surface area (Å²) in [5.41, 5.74) is 1.15. The minimum Gasteiger partial charge on any atom is -0.288 e. The highest BCUT2D eigenvalue weighted by Crippen LogP contribution is 2.41. The van der Waals surface area contributed by atoms with Gasteiger partial charge >= 0.3 is 0 Å². The molecule has 1 aliphatic heterocycles. The molecule has 3 nitrogen and oxygen atoms in total. The van der Waals surface area contributed by atoms with E-state index in [1.54, 1.807) is 0 Å². The molecule has 98 valence electrons. The van der Waals surface area contributed by atoms with E-state index in [1.807, 2.05) is 12.3 Å². The molecule has 2 heterocycles. The van der Waals surface area contributed by atoms with Crippen LogP contribution in [0.5, 0.6) is 0 Å². The van der Waals surface area contributed by atoms with Crippen LogP contribution in [-0.2, 0) is 5.54 Å². The molecule has 0 amide bonds. The van der Waals surface area contributed by atoms with Crippen molar-refractivity contribution in [3.8, 4) is 0 Å². The molecule has 0 bridgehead atoms. The van der Waals surface area contributed by atoms with Crippen LogP contribution in [0.1, 0.15) is 57.0 Å². The molecule has 1 aliphatic carbocycles. The standard InChI is InChI=1S/C15H23N3/c1-12-8-10-16-14(17-12)15(2)9-5-11-18(15)13-6-3-4-7-13/h8,10,13H,3-7,9,11H2,1-2H3/t15-/m0/s1. The third-order valence-corrected chi connectivity index (χ3v) is 4.74. The Balaban J connectivity index is 1.91. The number of hydrogen-bond acceptors (Lipinski definition) is 3. The van der Waals surface area contributed by atoms with Gasteiger partial charge in [0, 0.05) is 17.9 Å². The molecule has 1 saturated carbocycles. The highest BCUT2D eigenvalue weighted by atomic mass is 15.3. The van der Waals surface area contributed by atoms with Crippen molar-refractivity contribution in [2.75, 3.05) is 6.54 Å². The summed E-state index contributed by atoms with van der Waals surface area (Å²) in [4.78, 5) is 11.9. The highest BCUT2D eigenvalue weighted by Gasteiger charge is 2.44. The molecule has 1 saturated heterocycles. The zero-order valence-electron chi connectivity index (χ0n) is 11.5. The van der Waals surface area contributed by atoms with Gasteiger partial charge in [-0.25, -0.2) is 9.97 Å². The normalized spacial score (nSPS) is 30.1. The zero-order chi connectivity index (χ0) is 12.6. The van der Waals surface area contributed by atoms with Crippen LogP contribution in [0, 0.1) is 6.92 Å². The van der Waals surface area contributed by atoms with Gasteiger partial charge in [-0.15, -0.1) is 0 Å². The summed E-state index contributed by atoms with van der Waals surface area (Å²) < 4.78 is 0. The van der Waals surface area contributed by atoms with Gasteiger partial charge < -0.3 is 0 Å². The molecule has 2 fully saturated rings. The van der Waals surface area contributed by atoms with E-state index in [0.717, 1.165) is 17.6 Å². The molecule has 1 aromatic heterocycles. The molecule has 1 aromatic rings. The number of nitrogens with zero attached hydrogens (tertiary/aromatic N) is 3. The highest BCUT2D eigenvalue weighted by molar-refractivity contribution is 5.12. The second-order valence-corrected chi connectivity index (χ2v) is 6.03. The van der Waals surface area contributed by atoms with Gasteiger partial charge in [0.25, 0.3) is 0 Å². The fraction of sp³-hybridized carbons (Fsp3) is 0.733. The van der Waals surface area contributed by atoms with E-state index in [2.05, 4.69) is 23.7 Å².